The lowest BCUT2D eigenvalue weighted by atomic mass is 10.1. The molecule has 4 nitrogen and oxygen atoms in total. The van der Waals surface area contributed by atoms with Gasteiger partial charge in [0.1, 0.15) is 5.82 Å². The molecule has 3 rings (SSSR count). The Labute approximate surface area is 154 Å². The first-order chi connectivity index (χ1) is 12.0. The average Bonchev–Trinajstić information content (AvgIpc) is 2.97. The minimum Gasteiger partial charge on any atom is -0.348 e. The van der Waals surface area contributed by atoms with Crippen molar-refractivity contribution in [3.05, 3.63) is 69.4 Å². The quantitative estimate of drug-likeness (QED) is 0.826. The molecule has 0 aromatic heterocycles. The van der Waals surface area contributed by atoms with Gasteiger partial charge in [0, 0.05) is 36.1 Å². The molecule has 2 aromatic carbocycles. The minimum absolute atomic E-state index is 0.190. The molecule has 1 aliphatic heterocycles. The van der Waals surface area contributed by atoms with Crippen molar-refractivity contribution in [2.75, 3.05) is 6.54 Å². The van der Waals surface area contributed by atoms with Crippen molar-refractivity contribution in [2.24, 2.45) is 0 Å². The van der Waals surface area contributed by atoms with Gasteiger partial charge in [-0.15, -0.1) is 0 Å². The maximum atomic E-state index is 13.4. The van der Waals surface area contributed by atoms with Crippen LogP contribution in [0.2, 0.25) is 0 Å². The van der Waals surface area contributed by atoms with E-state index in [1.807, 2.05) is 29.2 Å². The molecule has 2 aromatic rings. The van der Waals surface area contributed by atoms with Gasteiger partial charge in [-0.1, -0.05) is 40.2 Å². The molecule has 0 radical (unpaired) electrons. The highest BCUT2D eigenvalue weighted by molar-refractivity contribution is 9.10. The van der Waals surface area contributed by atoms with E-state index < -0.39 is 5.82 Å². The van der Waals surface area contributed by atoms with Gasteiger partial charge in [-0.3, -0.25) is 9.59 Å². The number of benzene rings is 2. The van der Waals surface area contributed by atoms with Crippen LogP contribution in [0, 0.1) is 5.82 Å². The summed E-state index contributed by atoms with van der Waals surface area (Å²) in [7, 11) is 0. The van der Waals surface area contributed by atoms with Crippen LogP contribution in [0.15, 0.2) is 46.9 Å². The van der Waals surface area contributed by atoms with Gasteiger partial charge in [-0.25, -0.2) is 4.39 Å². The van der Waals surface area contributed by atoms with E-state index in [9.17, 15) is 14.0 Å². The molecule has 1 aliphatic rings. The lowest BCUT2D eigenvalue weighted by Crippen LogP contribution is -2.24. The number of nitrogens with one attached hydrogen (secondary N) is 1. The number of nitrogens with zero attached hydrogens (tertiary/aromatic N) is 1. The second-order valence-electron chi connectivity index (χ2n) is 6.08. The summed E-state index contributed by atoms with van der Waals surface area (Å²) in [6.45, 7) is 1.74. The molecule has 6 heteroatoms. The molecule has 25 heavy (non-hydrogen) atoms. The van der Waals surface area contributed by atoms with Crippen molar-refractivity contribution in [3.8, 4) is 0 Å². The van der Waals surface area contributed by atoms with Crippen LogP contribution in [0.1, 0.15) is 34.3 Å². The zero-order chi connectivity index (χ0) is 17.8. The maximum absolute atomic E-state index is 13.4. The molecule has 0 saturated carbocycles. The minimum atomic E-state index is -0.461. The zero-order valence-corrected chi connectivity index (χ0v) is 15.2. The highest BCUT2D eigenvalue weighted by Crippen LogP contribution is 2.16. The molecule has 0 bridgehead atoms. The number of rotatable bonds is 5. The molecule has 0 unspecified atom stereocenters. The number of carbonyl (C=O) groups is 2. The molecule has 0 aliphatic carbocycles. The standard InChI is InChI=1S/C19H18BrFN2O2/c20-16-8-15(9-17(21)10-16)19(25)22-11-13-3-1-4-14(7-13)12-23-6-2-5-18(23)24/h1,3-4,7-10H,2,5-6,11-12H2,(H,22,25). The third-order valence-corrected chi connectivity index (χ3v) is 4.57. The van der Waals surface area contributed by atoms with Gasteiger partial charge in [-0.2, -0.15) is 0 Å². The maximum Gasteiger partial charge on any atom is 0.251 e. The Balaban J connectivity index is 1.62. The van der Waals surface area contributed by atoms with E-state index in [-0.39, 0.29) is 17.4 Å². The topological polar surface area (TPSA) is 49.4 Å². The predicted molar refractivity (Wildman–Crippen MR) is 96.4 cm³/mol. The second kappa shape index (κ2) is 7.78. The van der Waals surface area contributed by atoms with Crippen molar-refractivity contribution in [1.82, 2.24) is 10.2 Å². The largest absolute Gasteiger partial charge is 0.348 e. The summed E-state index contributed by atoms with van der Waals surface area (Å²) in [5, 5.41) is 2.79. The Kier molecular flexibility index (Phi) is 5.48. The zero-order valence-electron chi connectivity index (χ0n) is 13.6. The Morgan fingerprint density at radius 2 is 2.00 bits per heavy atom. The summed E-state index contributed by atoms with van der Waals surface area (Å²) in [5.74, 6) is -0.604. The average molecular weight is 405 g/mol. The van der Waals surface area contributed by atoms with E-state index in [4.69, 9.17) is 0 Å². The molecule has 1 saturated heterocycles. The lowest BCUT2D eigenvalue weighted by Gasteiger charge is -2.16. The van der Waals surface area contributed by atoms with E-state index in [0.717, 1.165) is 24.1 Å². The monoisotopic (exact) mass is 404 g/mol. The number of hydrogen-bond donors (Lipinski definition) is 1. The molecule has 2 amide bonds. The number of hydrogen-bond acceptors (Lipinski definition) is 2. The number of halogens is 2. The predicted octanol–water partition coefficient (Wildman–Crippen LogP) is 3.64. The van der Waals surface area contributed by atoms with Crippen LogP contribution in [0.4, 0.5) is 4.39 Å². The van der Waals surface area contributed by atoms with Crippen molar-refractivity contribution >= 4 is 27.7 Å². The number of amides is 2. The fourth-order valence-corrected chi connectivity index (χ4v) is 3.36. The van der Waals surface area contributed by atoms with Gasteiger partial charge in [0.15, 0.2) is 0 Å². The van der Waals surface area contributed by atoms with Gasteiger partial charge < -0.3 is 10.2 Å². The molecule has 130 valence electrons. The molecule has 1 N–H and O–H groups in total. The van der Waals surface area contributed by atoms with Crippen molar-refractivity contribution in [2.45, 2.75) is 25.9 Å². The van der Waals surface area contributed by atoms with Gasteiger partial charge in [0.05, 0.1) is 0 Å². The fraction of sp³-hybridized carbons (Fsp3) is 0.263. The molecule has 0 atom stereocenters. The van der Waals surface area contributed by atoms with Gasteiger partial charge in [-0.05, 0) is 35.7 Å². The summed E-state index contributed by atoms with van der Waals surface area (Å²) < 4.78 is 13.9. The third kappa shape index (κ3) is 4.66. The van der Waals surface area contributed by atoms with Crippen molar-refractivity contribution in [3.63, 3.8) is 0 Å². The Morgan fingerprint density at radius 1 is 1.20 bits per heavy atom. The summed E-state index contributed by atoms with van der Waals surface area (Å²) in [5.41, 5.74) is 2.24. The van der Waals surface area contributed by atoms with Crippen LogP contribution in [-0.2, 0) is 17.9 Å². The second-order valence-corrected chi connectivity index (χ2v) is 7.00. The Morgan fingerprint density at radius 3 is 2.72 bits per heavy atom. The first kappa shape index (κ1) is 17.6. The van der Waals surface area contributed by atoms with Crippen LogP contribution in [0.3, 0.4) is 0 Å². The van der Waals surface area contributed by atoms with Crippen LogP contribution >= 0.6 is 15.9 Å². The molecular weight excluding hydrogens is 387 g/mol. The van der Waals surface area contributed by atoms with E-state index >= 15 is 0 Å². The van der Waals surface area contributed by atoms with E-state index in [0.29, 0.717) is 24.0 Å². The van der Waals surface area contributed by atoms with Crippen LogP contribution < -0.4 is 5.32 Å². The van der Waals surface area contributed by atoms with E-state index in [2.05, 4.69) is 21.2 Å². The van der Waals surface area contributed by atoms with Gasteiger partial charge >= 0.3 is 0 Å². The third-order valence-electron chi connectivity index (χ3n) is 4.11. The summed E-state index contributed by atoms with van der Waals surface area (Å²) in [6.07, 6.45) is 1.54. The summed E-state index contributed by atoms with van der Waals surface area (Å²) >= 11 is 3.18. The summed E-state index contributed by atoms with van der Waals surface area (Å²) in [4.78, 5) is 25.8. The summed E-state index contributed by atoms with van der Waals surface area (Å²) in [6, 6.07) is 11.9. The molecular formula is C19H18BrFN2O2. The van der Waals surface area contributed by atoms with E-state index in [1.54, 1.807) is 6.07 Å². The van der Waals surface area contributed by atoms with Gasteiger partial charge in [0.2, 0.25) is 5.91 Å². The van der Waals surface area contributed by atoms with Crippen molar-refractivity contribution in [1.29, 1.82) is 0 Å². The van der Waals surface area contributed by atoms with Crippen LogP contribution in [0.5, 0.6) is 0 Å². The van der Waals surface area contributed by atoms with Crippen LogP contribution in [-0.4, -0.2) is 23.3 Å². The Hall–Kier alpha value is -2.21. The van der Waals surface area contributed by atoms with E-state index in [1.165, 1.54) is 12.1 Å². The molecule has 1 fully saturated rings. The normalized spacial score (nSPS) is 14.0. The molecule has 0 spiro atoms. The van der Waals surface area contributed by atoms with Crippen LogP contribution in [0.25, 0.3) is 0 Å². The number of likely N-dealkylation sites (tertiary alicyclic amines) is 1. The first-order valence-electron chi connectivity index (χ1n) is 8.11. The lowest BCUT2D eigenvalue weighted by molar-refractivity contribution is -0.128. The Bertz CT molecular complexity index is 790. The fourth-order valence-electron chi connectivity index (χ4n) is 2.90. The van der Waals surface area contributed by atoms with Crippen molar-refractivity contribution < 1.29 is 14.0 Å². The van der Waals surface area contributed by atoms with Gasteiger partial charge in [0.25, 0.3) is 5.91 Å². The smallest absolute Gasteiger partial charge is 0.251 e. The molecule has 1 heterocycles. The highest BCUT2D eigenvalue weighted by Gasteiger charge is 2.19. The first-order valence-corrected chi connectivity index (χ1v) is 8.90. The highest BCUT2D eigenvalue weighted by atomic mass is 79.9. The SMILES string of the molecule is O=C(NCc1cccc(CN2CCCC2=O)c1)c1cc(F)cc(Br)c1. The number of carbonyl (C=O) groups excluding carboxylic acids is 2.